The highest BCUT2D eigenvalue weighted by Gasteiger charge is 2.32. The molecule has 27 heavy (non-hydrogen) atoms. The Kier molecular flexibility index (Phi) is 7.26. The Balaban J connectivity index is 2.18. The third-order valence-corrected chi connectivity index (χ3v) is 4.20. The minimum absolute atomic E-state index is 0.0628. The molecule has 1 aliphatic heterocycles. The zero-order chi connectivity index (χ0) is 20.0. The first-order valence-corrected chi connectivity index (χ1v) is 8.72. The third-order valence-electron chi connectivity index (χ3n) is 4.20. The van der Waals surface area contributed by atoms with Crippen molar-refractivity contribution in [3.05, 3.63) is 47.2 Å². The molecule has 1 aromatic rings. The quantitative estimate of drug-likeness (QED) is 0.730. The molecule has 0 spiro atoms. The fourth-order valence-corrected chi connectivity index (χ4v) is 2.71. The fourth-order valence-electron chi connectivity index (χ4n) is 2.71. The molecule has 5 nitrogen and oxygen atoms in total. The molecule has 0 saturated carbocycles. The second-order valence-corrected chi connectivity index (χ2v) is 6.54. The number of hydrogen-bond donors (Lipinski definition) is 1. The number of unbranched alkanes of at least 4 members (excludes halogenated alkanes) is 1. The zero-order valence-corrected chi connectivity index (χ0v) is 15.3. The Labute approximate surface area is 156 Å². The summed E-state index contributed by atoms with van der Waals surface area (Å²) in [6.45, 7) is 0.418. The minimum atomic E-state index is -4.39. The summed E-state index contributed by atoms with van der Waals surface area (Å²) in [5.41, 5.74) is -0.0667. The van der Waals surface area contributed by atoms with Gasteiger partial charge in [0.25, 0.3) is 5.91 Å². The molecular formula is C19H24F3NO4. The first-order chi connectivity index (χ1) is 12.7. The average molecular weight is 387 g/mol. The number of aliphatic hydroxyl groups is 1. The molecule has 2 rings (SSSR count). The molecule has 8 heteroatoms. The van der Waals surface area contributed by atoms with Gasteiger partial charge >= 0.3 is 6.18 Å². The van der Waals surface area contributed by atoms with E-state index in [0.29, 0.717) is 31.4 Å². The van der Waals surface area contributed by atoms with Crippen molar-refractivity contribution in [3.63, 3.8) is 0 Å². The predicted octanol–water partition coefficient (Wildman–Crippen LogP) is 3.30. The number of alkyl halides is 3. The molecular weight excluding hydrogens is 363 g/mol. The van der Waals surface area contributed by atoms with E-state index in [0.717, 1.165) is 12.1 Å². The van der Waals surface area contributed by atoms with Crippen molar-refractivity contribution >= 4 is 5.91 Å². The molecule has 1 amide bonds. The lowest BCUT2D eigenvalue weighted by molar-refractivity contribution is -0.151. The maximum Gasteiger partial charge on any atom is 0.416 e. The average Bonchev–Trinajstić information content (AvgIpc) is 2.63. The molecule has 0 fully saturated rings. The van der Waals surface area contributed by atoms with Crippen LogP contribution in [0.4, 0.5) is 13.2 Å². The van der Waals surface area contributed by atoms with Crippen molar-refractivity contribution in [2.24, 2.45) is 0 Å². The van der Waals surface area contributed by atoms with Crippen LogP contribution in [0, 0.1) is 0 Å². The Morgan fingerprint density at radius 3 is 2.48 bits per heavy atom. The second kappa shape index (κ2) is 9.23. The van der Waals surface area contributed by atoms with Crippen LogP contribution in [0.1, 0.15) is 36.3 Å². The van der Waals surface area contributed by atoms with Gasteiger partial charge in [-0.25, -0.2) is 0 Å². The number of rotatable bonds is 7. The summed E-state index contributed by atoms with van der Waals surface area (Å²) in [5, 5.41) is 8.82. The topological polar surface area (TPSA) is 59.0 Å². The van der Waals surface area contributed by atoms with Crippen LogP contribution >= 0.6 is 0 Å². The van der Waals surface area contributed by atoms with Crippen molar-refractivity contribution in [1.29, 1.82) is 0 Å². The molecule has 1 heterocycles. The molecule has 0 unspecified atom stereocenters. The Bertz CT molecular complexity index is 656. The number of nitrogens with zero attached hydrogens (tertiary/aromatic N) is 1. The largest absolute Gasteiger partial charge is 0.459 e. The first kappa shape index (κ1) is 21.2. The number of ether oxygens (including phenoxy) is 2. The normalized spacial score (nSPS) is 20.0. The highest BCUT2D eigenvalue weighted by Crippen LogP contribution is 2.34. The van der Waals surface area contributed by atoms with Crippen molar-refractivity contribution in [2.45, 2.75) is 37.6 Å². The van der Waals surface area contributed by atoms with E-state index in [-0.39, 0.29) is 24.2 Å². The Morgan fingerprint density at radius 2 is 1.93 bits per heavy atom. The summed E-state index contributed by atoms with van der Waals surface area (Å²) in [6.07, 6.45) is -1.84. The van der Waals surface area contributed by atoms with Crippen LogP contribution < -0.4 is 0 Å². The summed E-state index contributed by atoms with van der Waals surface area (Å²) in [6, 6.07) is 4.89. The highest BCUT2D eigenvalue weighted by molar-refractivity contribution is 5.91. The number of likely N-dealkylation sites (N-methyl/N-ethyl adjacent to an activating group) is 1. The molecule has 0 radical (unpaired) electrons. The summed E-state index contributed by atoms with van der Waals surface area (Å²) in [5.74, 6) is -0.526. The Morgan fingerprint density at radius 1 is 1.26 bits per heavy atom. The number of hydrogen-bond acceptors (Lipinski definition) is 4. The van der Waals surface area contributed by atoms with Crippen LogP contribution in [0.2, 0.25) is 0 Å². The molecule has 1 aromatic carbocycles. The smallest absolute Gasteiger partial charge is 0.416 e. The van der Waals surface area contributed by atoms with Crippen molar-refractivity contribution < 1.29 is 32.5 Å². The lowest BCUT2D eigenvalue weighted by atomic mass is 9.92. The molecule has 0 saturated heterocycles. The molecule has 0 bridgehead atoms. The van der Waals surface area contributed by atoms with Gasteiger partial charge in [0.1, 0.15) is 0 Å². The van der Waals surface area contributed by atoms with E-state index in [4.69, 9.17) is 14.6 Å². The van der Waals surface area contributed by atoms with Crippen molar-refractivity contribution in [2.75, 3.05) is 27.3 Å². The van der Waals surface area contributed by atoms with Gasteiger partial charge in [0.2, 0.25) is 6.29 Å². The summed E-state index contributed by atoms with van der Waals surface area (Å²) >= 11 is 0. The number of allylic oxidation sites excluding steroid dienone is 1. The maximum absolute atomic E-state index is 12.8. The standard InChI is InChI=1S/C19H24F3NO4/c1-23(2)18(25)16-11-14(12-17(27-16)26-10-4-3-9-24)13-5-7-15(8-6-13)19(20,21)22/h5-8,11,14,17,24H,3-4,9-10,12H2,1-2H3/t14-,17+/m0/s1. The summed E-state index contributed by atoms with van der Waals surface area (Å²) < 4.78 is 49.6. The number of benzene rings is 1. The van der Waals surface area contributed by atoms with Crippen LogP contribution in [0.25, 0.3) is 0 Å². The van der Waals surface area contributed by atoms with E-state index < -0.39 is 18.0 Å². The zero-order valence-electron chi connectivity index (χ0n) is 15.3. The summed E-state index contributed by atoms with van der Waals surface area (Å²) in [7, 11) is 3.18. The van der Waals surface area contributed by atoms with Gasteiger partial charge in [-0.05, 0) is 36.6 Å². The van der Waals surface area contributed by atoms with Gasteiger partial charge < -0.3 is 19.5 Å². The van der Waals surface area contributed by atoms with Gasteiger partial charge in [-0.2, -0.15) is 13.2 Å². The van der Waals surface area contributed by atoms with E-state index in [2.05, 4.69) is 0 Å². The van der Waals surface area contributed by atoms with Gasteiger partial charge in [0, 0.05) is 33.0 Å². The van der Waals surface area contributed by atoms with Gasteiger partial charge in [-0.1, -0.05) is 12.1 Å². The predicted molar refractivity (Wildman–Crippen MR) is 92.7 cm³/mol. The first-order valence-electron chi connectivity index (χ1n) is 8.72. The van der Waals surface area contributed by atoms with Gasteiger partial charge in [0.15, 0.2) is 5.76 Å². The maximum atomic E-state index is 12.8. The molecule has 0 aliphatic carbocycles. The number of halogens is 3. The van der Waals surface area contributed by atoms with Crippen LogP contribution in [0.3, 0.4) is 0 Å². The monoisotopic (exact) mass is 387 g/mol. The molecule has 2 atom stereocenters. The lowest BCUT2D eigenvalue weighted by Crippen LogP contribution is -2.32. The van der Waals surface area contributed by atoms with E-state index in [9.17, 15) is 18.0 Å². The molecule has 0 aromatic heterocycles. The molecule has 1 aliphatic rings. The van der Waals surface area contributed by atoms with Gasteiger partial charge in [0.05, 0.1) is 12.2 Å². The SMILES string of the molecule is CN(C)C(=O)C1=C[C@H](c2ccc(C(F)(F)F)cc2)C[C@H](OCCCCO)O1. The van der Waals surface area contributed by atoms with Crippen LogP contribution in [0.15, 0.2) is 36.1 Å². The number of carbonyl (C=O) groups is 1. The number of aliphatic hydroxyl groups excluding tert-OH is 1. The van der Waals surface area contributed by atoms with Gasteiger partial charge in [-0.15, -0.1) is 0 Å². The fraction of sp³-hybridized carbons (Fsp3) is 0.526. The third kappa shape index (κ3) is 5.97. The van der Waals surface area contributed by atoms with Crippen molar-refractivity contribution in [3.8, 4) is 0 Å². The van der Waals surface area contributed by atoms with Gasteiger partial charge in [-0.3, -0.25) is 4.79 Å². The Hall–Kier alpha value is -2.06. The van der Waals surface area contributed by atoms with E-state index >= 15 is 0 Å². The van der Waals surface area contributed by atoms with E-state index in [1.54, 1.807) is 20.2 Å². The minimum Gasteiger partial charge on any atom is -0.459 e. The second-order valence-electron chi connectivity index (χ2n) is 6.54. The van der Waals surface area contributed by atoms with Crippen LogP contribution in [-0.4, -0.2) is 49.5 Å². The molecule has 150 valence electrons. The summed E-state index contributed by atoms with van der Waals surface area (Å²) in [4.78, 5) is 13.6. The van der Waals surface area contributed by atoms with Crippen LogP contribution in [0.5, 0.6) is 0 Å². The highest BCUT2D eigenvalue weighted by atomic mass is 19.4. The van der Waals surface area contributed by atoms with Crippen LogP contribution in [-0.2, 0) is 20.4 Å². The molecule has 1 N–H and O–H groups in total. The lowest BCUT2D eigenvalue weighted by Gasteiger charge is -2.30. The van der Waals surface area contributed by atoms with Crippen molar-refractivity contribution in [1.82, 2.24) is 4.90 Å². The van der Waals surface area contributed by atoms with E-state index in [1.807, 2.05) is 0 Å². The number of amides is 1. The van der Waals surface area contributed by atoms with E-state index in [1.165, 1.54) is 17.0 Å². The number of carbonyl (C=O) groups excluding carboxylic acids is 1.